The highest BCUT2D eigenvalue weighted by Gasteiger charge is 2.24. The van der Waals surface area contributed by atoms with Crippen LogP contribution in [0.3, 0.4) is 0 Å². The summed E-state index contributed by atoms with van der Waals surface area (Å²) >= 11 is 3.13. The number of rotatable bonds is 3. The van der Waals surface area contributed by atoms with E-state index in [1.165, 1.54) is 18.9 Å². The van der Waals surface area contributed by atoms with Crippen LogP contribution in [-0.2, 0) is 0 Å². The van der Waals surface area contributed by atoms with Gasteiger partial charge in [0.05, 0.1) is 4.47 Å². The molecule has 0 radical (unpaired) electrons. The molecule has 1 aliphatic rings. The minimum atomic E-state index is -0.228. The van der Waals surface area contributed by atoms with Gasteiger partial charge in [-0.05, 0) is 46.0 Å². The Morgan fingerprint density at radius 2 is 2.21 bits per heavy atom. The maximum Gasteiger partial charge on any atom is 0.137 e. The lowest BCUT2D eigenvalue weighted by atomic mass is 10.0. The fourth-order valence-corrected chi connectivity index (χ4v) is 1.84. The maximum absolute atomic E-state index is 13.2. The smallest absolute Gasteiger partial charge is 0.137 e. The molecule has 0 aromatic heterocycles. The first kappa shape index (κ1) is 10.1. The number of hydrogen-bond donors (Lipinski definition) is 1. The van der Waals surface area contributed by atoms with Gasteiger partial charge in [-0.1, -0.05) is 18.9 Å². The standard InChI is InChI=1S/C11H13BrFN/c12-9-4-3-8(6-10(9)13)11(14)5-7-1-2-7/h3-4,6-7,11H,1-2,5,14H2/t11-/m0/s1. The first-order valence-corrected chi connectivity index (χ1v) is 5.66. The highest BCUT2D eigenvalue weighted by atomic mass is 79.9. The molecule has 0 unspecified atom stereocenters. The van der Waals surface area contributed by atoms with Gasteiger partial charge in [0.15, 0.2) is 0 Å². The Morgan fingerprint density at radius 1 is 1.50 bits per heavy atom. The number of hydrogen-bond acceptors (Lipinski definition) is 1. The van der Waals surface area contributed by atoms with E-state index in [-0.39, 0.29) is 11.9 Å². The van der Waals surface area contributed by atoms with Crippen molar-refractivity contribution in [2.45, 2.75) is 25.3 Å². The van der Waals surface area contributed by atoms with Crippen molar-refractivity contribution in [3.63, 3.8) is 0 Å². The van der Waals surface area contributed by atoms with Crippen molar-refractivity contribution >= 4 is 15.9 Å². The molecule has 0 saturated heterocycles. The lowest BCUT2D eigenvalue weighted by Crippen LogP contribution is -2.11. The van der Waals surface area contributed by atoms with Crippen molar-refractivity contribution in [3.8, 4) is 0 Å². The molecule has 1 saturated carbocycles. The summed E-state index contributed by atoms with van der Waals surface area (Å²) in [5.41, 5.74) is 6.87. The average Bonchev–Trinajstić information content (AvgIpc) is 2.93. The van der Waals surface area contributed by atoms with Crippen LogP contribution in [0.2, 0.25) is 0 Å². The topological polar surface area (TPSA) is 26.0 Å². The Morgan fingerprint density at radius 3 is 2.79 bits per heavy atom. The van der Waals surface area contributed by atoms with Gasteiger partial charge in [0.1, 0.15) is 5.82 Å². The van der Waals surface area contributed by atoms with E-state index in [0.717, 1.165) is 17.9 Å². The molecule has 0 spiro atoms. The molecular formula is C11H13BrFN. The van der Waals surface area contributed by atoms with Crippen LogP contribution in [0.5, 0.6) is 0 Å². The largest absolute Gasteiger partial charge is 0.324 e. The van der Waals surface area contributed by atoms with Crippen molar-refractivity contribution in [2.75, 3.05) is 0 Å². The van der Waals surface area contributed by atoms with Crippen molar-refractivity contribution in [1.82, 2.24) is 0 Å². The Kier molecular flexibility index (Phi) is 2.88. The SMILES string of the molecule is N[C@@H](CC1CC1)c1ccc(Br)c(F)c1. The summed E-state index contributed by atoms with van der Waals surface area (Å²) < 4.78 is 13.7. The Labute approximate surface area is 91.6 Å². The molecule has 1 aliphatic carbocycles. The van der Waals surface area contributed by atoms with Gasteiger partial charge in [-0.25, -0.2) is 4.39 Å². The van der Waals surface area contributed by atoms with E-state index in [1.807, 2.05) is 6.07 Å². The van der Waals surface area contributed by atoms with E-state index in [0.29, 0.717) is 4.47 Å². The van der Waals surface area contributed by atoms with Crippen LogP contribution >= 0.6 is 15.9 Å². The molecule has 1 nitrogen and oxygen atoms in total. The van der Waals surface area contributed by atoms with Gasteiger partial charge in [-0.15, -0.1) is 0 Å². The molecule has 0 bridgehead atoms. The fourth-order valence-electron chi connectivity index (χ4n) is 1.59. The van der Waals surface area contributed by atoms with Crippen LogP contribution in [0.25, 0.3) is 0 Å². The van der Waals surface area contributed by atoms with E-state index in [9.17, 15) is 4.39 Å². The van der Waals surface area contributed by atoms with Crippen LogP contribution < -0.4 is 5.73 Å². The molecule has 1 atom stereocenters. The second-order valence-corrected chi connectivity index (χ2v) is 4.81. The number of halogens is 2. The zero-order valence-corrected chi connectivity index (χ0v) is 9.43. The Hall–Kier alpha value is -0.410. The van der Waals surface area contributed by atoms with Crippen molar-refractivity contribution in [3.05, 3.63) is 34.1 Å². The summed E-state index contributed by atoms with van der Waals surface area (Å²) in [6.07, 6.45) is 3.56. The summed E-state index contributed by atoms with van der Waals surface area (Å²) in [7, 11) is 0. The molecule has 1 fully saturated rings. The van der Waals surface area contributed by atoms with Crippen molar-refractivity contribution in [2.24, 2.45) is 11.7 Å². The molecule has 2 rings (SSSR count). The minimum Gasteiger partial charge on any atom is -0.324 e. The van der Waals surface area contributed by atoms with Gasteiger partial charge in [0, 0.05) is 6.04 Å². The molecule has 14 heavy (non-hydrogen) atoms. The summed E-state index contributed by atoms with van der Waals surface area (Å²) in [4.78, 5) is 0. The third-order valence-corrected chi connectivity index (χ3v) is 3.30. The van der Waals surface area contributed by atoms with Gasteiger partial charge < -0.3 is 5.73 Å². The minimum absolute atomic E-state index is 0.00917. The van der Waals surface area contributed by atoms with Gasteiger partial charge in [-0.2, -0.15) is 0 Å². The Balaban J connectivity index is 2.10. The molecule has 0 heterocycles. The molecule has 0 amide bonds. The van der Waals surface area contributed by atoms with Crippen LogP contribution in [0.4, 0.5) is 4.39 Å². The monoisotopic (exact) mass is 257 g/mol. The summed E-state index contributed by atoms with van der Waals surface area (Å²) in [6.45, 7) is 0. The van der Waals surface area contributed by atoms with Gasteiger partial charge in [-0.3, -0.25) is 0 Å². The normalized spacial score (nSPS) is 18.2. The first-order chi connectivity index (χ1) is 6.66. The molecule has 1 aromatic carbocycles. The van der Waals surface area contributed by atoms with E-state index in [2.05, 4.69) is 15.9 Å². The Bertz CT molecular complexity index is 336. The zero-order valence-electron chi connectivity index (χ0n) is 7.84. The van der Waals surface area contributed by atoms with E-state index >= 15 is 0 Å². The zero-order chi connectivity index (χ0) is 10.1. The van der Waals surface area contributed by atoms with Crippen LogP contribution in [-0.4, -0.2) is 0 Å². The second kappa shape index (κ2) is 3.99. The molecule has 2 N–H and O–H groups in total. The number of nitrogens with two attached hydrogens (primary N) is 1. The maximum atomic E-state index is 13.2. The highest BCUT2D eigenvalue weighted by Crippen LogP contribution is 2.37. The summed E-state index contributed by atoms with van der Waals surface area (Å²) in [5, 5.41) is 0. The summed E-state index contributed by atoms with van der Waals surface area (Å²) in [5.74, 6) is 0.547. The number of benzene rings is 1. The summed E-state index contributed by atoms with van der Waals surface area (Å²) in [6, 6.07) is 5.12. The lowest BCUT2D eigenvalue weighted by molar-refractivity contribution is 0.581. The predicted molar refractivity (Wildman–Crippen MR) is 58.4 cm³/mol. The van der Waals surface area contributed by atoms with Crippen molar-refractivity contribution < 1.29 is 4.39 Å². The van der Waals surface area contributed by atoms with Crippen LogP contribution in [0, 0.1) is 11.7 Å². The third kappa shape index (κ3) is 2.34. The molecule has 76 valence electrons. The fraction of sp³-hybridized carbons (Fsp3) is 0.455. The van der Waals surface area contributed by atoms with Gasteiger partial charge in [0.25, 0.3) is 0 Å². The van der Waals surface area contributed by atoms with E-state index in [1.54, 1.807) is 6.07 Å². The molecule has 1 aromatic rings. The predicted octanol–water partition coefficient (Wildman–Crippen LogP) is 3.39. The van der Waals surface area contributed by atoms with Gasteiger partial charge in [0.2, 0.25) is 0 Å². The molecular weight excluding hydrogens is 245 g/mol. The molecule has 3 heteroatoms. The van der Waals surface area contributed by atoms with Crippen molar-refractivity contribution in [1.29, 1.82) is 0 Å². The second-order valence-electron chi connectivity index (χ2n) is 3.96. The lowest BCUT2D eigenvalue weighted by Gasteiger charge is -2.11. The van der Waals surface area contributed by atoms with Gasteiger partial charge >= 0.3 is 0 Å². The molecule has 0 aliphatic heterocycles. The quantitative estimate of drug-likeness (QED) is 0.883. The van der Waals surface area contributed by atoms with E-state index < -0.39 is 0 Å². The van der Waals surface area contributed by atoms with E-state index in [4.69, 9.17) is 5.73 Å². The first-order valence-electron chi connectivity index (χ1n) is 4.87. The van der Waals surface area contributed by atoms with Crippen LogP contribution in [0.1, 0.15) is 30.9 Å². The average molecular weight is 258 g/mol. The van der Waals surface area contributed by atoms with Crippen LogP contribution in [0.15, 0.2) is 22.7 Å². The highest BCUT2D eigenvalue weighted by molar-refractivity contribution is 9.10. The third-order valence-electron chi connectivity index (χ3n) is 2.66.